The first-order valence-corrected chi connectivity index (χ1v) is 3.16. The number of aliphatic hydroxyl groups is 1. The highest BCUT2D eigenvalue weighted by Gasteiger charge is 2.06. The maximum Gasteiger partial charge on any atom is 0.246 e. The highest BCUT2D eigenvalue weighted by molar-refractivity contribution is 5.92. The van der Waals surface area contributed by atoms with Gasteiger partial charge in [-0.15, -0.1) is 0 Å². The van der Waals surface area contributed by atoms with Gasteiger partial charge in [0.05, 0.1) is 6.10 Å². The summed E-state index contributed by atoms with van der Waals surface area (Å²) < 4.78 is 0. The smallest absolute Gasteiger partial charge is 0.246 e. The number of aliphatic hydroxyl groups excluding tert-OH is 1. The highest BCUT2D eigenvalue weighted by Crippen LogP contribution is 2.01. The number of nitrogens with one attached hydrogen (secondary N) is 1. The van der Waals surface area contributed by atoms with E-state index >= 15 is 0 Å². The molecule has 0 aromatic rings. The second-order valence-corrected chi connectivity index (χ2v) is 2.24. The number of carbonyl (C=O) groups is 1. The molecule has 0 heterocycles. The van der Waals surface area contributed by atoms with Crippen molar-refractivity contribution < 1.29 is 9.90 Å². The van der Waals surface area contributed by atoms with Crippen molar-refractivity contribution in [3.8, 4) is 0 Å². The summed E-state index contributed by atoms with van der Waals surface area (Å²) in [7, 11) is 1.54. The Labute approximate surface area is 60.7 Å². The van der Waals surface area contributed by atoms with E-state index in [1.165, 1.54) is 7.05 Å². The fraction of sp³-hybridized carbons (Fsp3) is 0.571. The molecule has 1 unspecified atom stereocenters. The Kier molecular flexibility index (Phi) is 3.72. The number of hydrogen-bond donors (Lipinski definition) is 2. The molecular formula is C7H13NO2. The summed E-state index contributed by atoms with van der Waals surface area (Å²) in [5, 5.41) is 11.2. The average molecular weight is 143 g/mol. The van der Waals surface area contributed by atoms with Gasteiger partial charge in [-0.1, -0.05) is 6.58 Å². The van der Waals surface area contributed by atoms with E-state index < -0.39 is 6.10 Å². The van der Waals surface area contributed by atoms with Gasteiger partial charge in [-0.2, -0.15) is 0 Å². The van der Waals surface area contributed by atoms with E-state index in [0.29, 0.717) is 12.0 Å². The van der Waals surface area contributed by atoms with Crippen LogP contribution in [-0.2, 0) is 4.79 Å². The number of carbonyl (C=O) groups excluding carboxylic acids is 1. The highest BCUT2D eigenvalue weighted by atomic mass is 16.3. The Bertz CT molecular complexity index is 141. The first kappa shape index (κ1) is 9.17. The number of rotatable bonds is 3. The van der Waals surface area contributed by atoms with E-state index in [2.05, 4.69) is 11.9 Å². The Hall–Kier alpha value is -0.830. The van der Waals surface area contributed by atoms with Gasteiger partial charge in [-0.25, -0.2) is 0 Å². The molecule has 0 spiro atoms. The van der Waals surface area contributed by atoms with E-state index in [4.69, 9.17) is 5.11 Å². The molecule has 0 aromatic heterocycles. The van der Waals surface area contributed by atoms with Gasteiger partial charge in [-0.3, -0.25) is 4.79 Å². The third-order valence-corrected chi connectivity index (χ3v) is 1.09. The van der Waals surface area contributed by atoms with Gasteiger partial charge >= 0.3 is 0 Å². The first-order chi connectivity index (χ1) is 4.57. The van der Waals surface area contributed by atoms with Crippen LogP contribution in [0.25, 0.3) is 0 Å². The van der Waals surface area contributed by atoms with Crippen molar-refractivity contribution in [3.63, 3.8) is 0 Å². The minimum Gasteiger partial charge on any atom is -0.393 e. The van der Waals surface area contributed by atoms with Crippen molar-refractivity contribution >= 4 is 5.91 Å². The maximum absolute atomic E-state index is 10.7. The summed E-state index contributed by atoms with van der Waals surface area (Å²) in [5.41, 5.74) is 0.414. The second-order valence-electron chi connectivity index (χ2n) is 2.24. The van der Waals surface area contributed by atoms with Crippen LogP contribution in [0.4, 0.5) is 0 Å². The average Bonchev–Trinajstić information content (AvgIpc) is 1.85. The van der Waals surface area contributed by atoms with Gasteiger partial charge < -0.3 is 10.4 Å². The first-order valence-electron chi connectivity index (χ1n) is 3.16. The summed E-state index contributed by atoms with van der Waals surface area (Å²) in [4.78, 5) is 10.7. The van der Waals surface area contributed by atoms with Crippen LogP contribution < -0.4 is 5.32 Å². The summed E-state index contributed by atoms with van der Waals surface area (Å²) in [6.07, 6.45) is -0.163. The molecule has 3 nitrogen and oxygen atoms in total. The van der Waals surface area contributed by atoms with Crippen LogP contribution >= 0.6 is 0 Å². The van der Waals surface area contributed by atoms with E-state index in [-0.39, 0.29) is 5.91 Å². The molecule has 1 atom stereocenters. The van der Waals surface area contributed by atoms with Crippen molar-refractivity contribution in [2.75, 3.05) is 7.05 Å². The van der Waals surface area contributed by atoms with Crippen LogP contribution in [0.5, 0.6) is 0 Å². The molecular weight excluding hydrogens is 130 g/mol. The van der Waals surface area contributed by atoms with Crippen molar-refractivity contribution in [2.24, 2.45) is 0 Å². The standard InChI is InChI=1S/C7H13NO2/c1-5(4-6(2)9)7(10)8-3/h6,9H,1,4H2,2-3H3,(H,8,10). The van der Waals surface area contributed by atoms with Crippen LogP contribution in [0.2, 0.25) is 0 Å². The molecule has 0 aliphatic heterocycles. The maximum atomic E-state index is 10.7. The zero-order valence-corrected chi connectivity index (χ0v) is 6.35. The Morgan fingerprint density at radius 3 is 2.60 bits per heavy atom. The molecule has 0 aliphatic rings. The van der Waals surface area contributed by atoms with Crippen molar-refractivity contribution in [1.82, 2.24) is 5.32 Å². The third kappa shape index (κ3) is 3.25. The zero-order valence-electron chi connectivity index (χ0n) is 6.35. The molecule has 58 valence electrons. The van der Waals surface area contributed by atoms with Gasteiger partial charge in [-0.05, 0) is 6.92 Å². The van der Waals surface area contributed by atoms with E-state index in [1.54, 1.807) is 6.92 Å². The van der Waals surface area contributed by atoms with Gasteiger partial charge in [0.25, 0.3) is 0 Å². The van der Waals surface area contributed by atoms with E-state index in [1.807, 2.05) is 0 Å². The van der Waals surface area contributed by atoms with E-state index in [9.17, 15) is 4.79 Å². The molecule has 0 saturated heterocycles. The lowest BCUT2D eigenvalue weighted by molar-refractivity contribution is -0.117. The predicted octanol–water partition coefficient (Wildman–Crippen LogP) is 0.0595. The van der Waals surface area contributed by atoms with Crippen molar-refractivity contribution in [2.45, 2.75) is 19.4 Å². The summed E-state index contributed by atoms with van der Waals surface area (Å²) in [6.45, 7) is 5.11. The Balaban J connectivity index is 3.74. The SMILES string of the molecule is C=C(CC(C)O)C(=O)NC. The van der Waals surface area contributed by atoms with Crippen molar-refractivity contribution in [1.29, 1.82) is 0 Å². The van der Waals surface area contributed by atoms with Gasteiger partial charge in [0.2, 0.25) is 5.91 Å². The van der Waals surface area contributed by atoms with Crippen LogP contribution in [0.15, 0.2) is 12.2 Å². The Morgan fingerprint density at radius 2 is 2.30 bits per heavy atom. The summed E-state index contributed by atoms with van der Waals surface area (Å²) in [6, 6.07) is 0. The minimum atomic E-state index is -0.496. The minimum absolute atomic E-state index is 0.207. The molecule has 0 bridgehead atoms. The topological polar surface area (TPSA) is 49.3 Å². The molecule has 0 fully saturated rings. The lowest BCUT2D eigenvalue weighted by atomic mass is 10.1. The molecule has 0 rings (SSSR count). The van der Waals surface area contributed by atoms with Crippen LogP contribution in [0.1, 0.15) is 13.3 Å². The van der Waals surface area contributed by atoms with E-state index in [0.717, 1.165) is 0 Å². The number of hydrogen-bond acceptors (Lipinski definition) is 2. The monoisotopic (exact) mass is 143 g/mol. The molecule has 0 saturated carbocycles. The third-order valence-electron chi connectivity index (χ3n) is 1.09. The predicted molar refractivity (Wildman–Crippen MR) is 39.5 cm³/mol. The van der Waals surface area contributed by atoms with Crippen molar-refractivity contribution in [3.05, 3.63) is 12.2 Å². The fourth-order valence-electron chi connectivity index (χ4n) is 0.626. The molecule has 1 amide bonds. The molecule has 10 heavy (non-hydrogen) atoms. The number of amides is 1. The summed E-state index contributed by atoms with van der Waals surface area (Å²) >= 11 is 0. The lowest BCUT2D eigenvalue weighted by Gasteiger charge is -2.04. The zero-order chi connectivity index (χ0) is 8.15. The summed E-state index contributed by atoms with van der Waals surface area (Å²) in [5.74, 6) is -0.207. The fourth-order valence-corrected chi connectivity index (χ4v) is 0.626. The lowest BCUT2D eigenvalue weighted by Crippen LogP contribution is -2.21. The van der Waals surface area contributed by atoms with Gasteiger partial charge in [0.1, 0.15) is 0 Å². The van der Waals surface area contributed by atoms with Crippen LogP contribution in [0.3, 0.4) is 0 Å². The molecule has 3 heteroatoms. The quantitative estimate of drug-likeness (QED) is 0.549. The second kappa shape index (κ2) is 4.06. The number of likely N-dealkylation sites (N-methyl/N-ethyl adjacent to an activating group) is 1. The Morgan fingerprint density at radius 1 is 1.80 bits per heavy atom. The van der Waals surface area contributed by atoms with Gasteiger partial charge in [0.15, 0.2) is 0 Å². The van der Waals surface area contributed by atoms with Gasteiger partial charge in [0, 0.05) is 19.0 Å². The molecule has 2 N–H and O–H groups in total. The normalized spacial score (nSPS) is 12.3. The molecule has 0 aliphatic carbocycles. The van der Waals surface area contributed by atoms with Crippen LogP contribution in [-0.4, -0.2) is 24.2 Å². The molecule has 0 radical (unpaired) electrons. The molecule has 0 aromatic carbocycles. The largest absolute Gasteiger partial charge is 0.393 e. The van der Waals surface area contributed by atoms with Crippen LogP contribution in [0, 0.1) is 0 Å².